The van der Waals surface area contributed by atoms with E-state index >= 15 is 0 Å². The van der Waals surface area contributed by atoms with Gasteiger partial charge in [-0.05, 0) is 41.3 Å². The maximum absolute atomic E-state index is 12.1. The summed E-state index contributed by atoms with van der Waals surface area (Å²) in [7, 11) is 0. The lowest BCUT2D eigenvalue weighted by Crippen LogP contribution is -2.46. The van der Waals surface area contributed by atoms with E-state index in [1.807, 2.05) is 37.5 Å². The van der Waals surface area contributed by atoms with Gasteiger partial charge in [0, 0.05) is 51.5 Å². The summed E-state index contributed by atoms with van der Waals surface area (Å²) in [6, 6.07) is 8.21. The summed E-state index contributed by atoms with van der Waals surface area (Å²) in [5.41, 5.74) is 4.11. The standard InChI is InChI=1S/C21H24N4O/c1-2-17-12-19-18(13-20(17)26)11-16(14-23-19)15-24-7-9-25(10-8-24)21-5-3-4-6-22-21/h3-6,11-12,14H,2,7-10,13,15H2,1H3. The molecule has 5 nitrogen and oxygen atoms in total. The Morgan fingerprint density at radius 1 is 1.12 bits per heavy atom. The van der Waals surface area contributed by atoms with Crippen LogP contribution in [-0.2, 0) is 17.8 Å². The number of aromatic nitrogens is 2. The number of anilines is 1. The number of pyridine rings is 2. The Morgan fingerprint density at radius 2 is 1.96 bits per heavy atom. The molecule has 26 heavy (non-hydrogen) atoms. The molecular weight excluding hydrogens is 324 g/mol. The molecule has 134 valence electrons. The molecule has 1 saturated heterocycles. The van der Waals surface area contributed by atoms with Gasteiger partial charge in [-0.25, -0.2) is 4.98 Å². The van der Waals surface area contributed by atoms with Crippen LogP contribution in [0.25, 0.3) is 6.08 Å². The number of carbonyl (C=O) groups excluding carboxylic acids is 1. The van der Waals surface area contributed by atoms with Crippen molar-refractivity contribution in [2.75, 3.05) is 31.1 Å². The number of rotatable bonds is 4. The average molecular weight is 348 g/mol. The summed E-state index contributed by atoms with van der Waals surface area (Å²) in [5, 5.41) is 0. The van der Waals surface area contributed by atoms with Crippen LogP contribution in [-0.4, -0.2) is 46.8 Å². The Bertz CT molecular complexity index is 823. The van der Waals surface area contributed by atoms with E-state index in [1.54, 1.807) is 0 Å². The minimum atomic E-state index is 0.239. The topological polar surface area (TPSA) is 49.3 Å². The highest BCUT2D eigenvalue weighted by Crippen LogP contribution is 2.23. The highest BCUT2D eigenvalue weighted by atomic mass is 16.1. The van der Waals surface area contributed by atoms with E-state index in [4.69, 9.17) is 0 Å². The molecule has 2 aromatic rings. The molecule has 2 aromatic heterocycles. The largest absolute Gasteiger partial charge is 0.354 e. The number of nitrogens with zero attached hydrogens (tertiary/aromatic N) is 4. The van der Waals surface area contributed by atoms with E-state index in [1.165, 1.54) is 5.56 Å². The van der Waals surface area contributed by atoms with Gasteiger partial charge >= 0.3 is 0 Å². The van der Waals surface area contributed by atoms with Crippen LogP contribution < -0.4 is 4.90 Å². The maximum Gasteiger partial charge on any atom is 0.163 e. The van der Waals surface area contributed by atoms with E-state index in [9.17, 15) is 4.79 Å². The maximum atomic E-state index is 12.1. The minimum absolute atomic E-state index is 0.239. The molecule has 5 heteroatoms. The van der Waals surface area contributed by atoms with Crippen LogP contribution >= 0.6 is 0 Å². The molecule has 0 bridgehead atoms. The average Bonchev–Trinajstić information content (AvgIpc) is 2.69. The van der Waals surface area contributed by atoms with E-state index in [2.05, 4.69) is 31.9 Å². The van der Waals surface area contributed by atoms with E-state index in [0.717, 1.165) is 61.8 Å². The number of Topliss-reactive ketones (excluding diaryl/α,β-unsaturated/α-hetero) is 1. The summed E-state index contributed by atoms with van der Waals surface area (Å²) in [6.45, 7) is 6.88. The van der Waals surface area contributed by atoms with Gasteiger partial charge in [-0.3, -0.25) is 14.7 Å². The monoisotopic (exact) mass is 348 g/mol. The normalized spacial score (nSPS) is 17.8. The third kappa shape index (κ3) is 3.53. The second-order valence-corrected chi connectivity index (χ2v) is 6.96. The first-order chi connectivity index (χ1) is 12.7. The SMILES string of the molecule is CCC1=Cc2ncc(CN3CCN(c4ccccn4)CC3)cc2CC1=O. The number of fused-ring (bicyclic) bond motifs is 1. The van der Waals surface area contributed by atoms with Crippen molar-refractivity contribution in [3.63, 3.8) is 0 Å². The lowest BCUT2D eigenvalue weighted by atomic mass is 9.92. The van der Waals surface area contributed by atoms with Crippen LogP contribution in [0, 0.1) is 0 Å². The summed E-state index contributed by atoms with van der Waals surface area (Å²) in [5.74, 6) is 1.29. The molecule has 0 N–H and O–H groups in total. The lowest BCUT2D eigenvalue weighted by molar-refractivity contribution is -0.115. The number of piperazine rings is 1. The molecule has 2 aliphatic rings. The first-order valence-electron chi connectivity index (χ1n) is 9.33. The molecule has 0 saturated carbocycles. The molecule has 1 aliphatic carbocycles. The zero-order valence-corrected chi connectivity index (χ0v) is 15.2. The Kier molecular flexibility index (Phi) is 4.80. The highest BCUT2D eigenvalue weighted by Gasteiger charge is 2.21. The van der Waals surface area contributed by atoms with Crippen molar-refractivity contribution < 1.29 is 4.79 Å². The fourth-order valence-corrected chi connectivity index (χ4v) is 3.69. The van der Waals surface area contributed by atoms with Crippen molar-refractivity contribution in [2.24, 2.45) is 0 Å². The molecule has 3 heterocycles. The molecule has 1 fully saturated rings. The Balaban J connectivity index is 1.40. The molecule has 4 rings (SSSR count). The quantitative estimate of drug-likeness (QED) is 0.850. The van der Waals surface area contributed by atoms with Crippen molar-refractivity contribution in [1.82, 2.24) is 14.9 Å². The van der Waals surface area contributed by atoms with Crippen LogP contribution in [0.4, 0.5) is 5.82 Å². The number of ketones is 1. The third-order valence-electron chi connectivity index (χ3n) is 5.21. The minimum Gasteiger partial charge on any atom is -0.354 e. The predicted molar refractivity (Wildman–Crippen MR) is 103 cm³/mol. The van der Waals surface area contributed by atoms with Crippen LogP contribution in [0.15, 0.2) is 42.2 Å². The van der Waals surface area contributed by atoms with Gasteiger partial charge in [-0.15, -0.1) is 0 Å². The summed E-state index contributed by atoms with van der Waals surface area (Å²) < 4.78 is 0. The van der Waals surface area contributed by atoms with Crippen molar-refractivity contribution >= 4 is 17.7 Å². The molecule has 0 atom stereocenters. The number of hydrogen-bond donors (Lipinski definition) is 0. The number of carbonyl (C=O) groups is 1. The van der Waals surface area contributed by atoms with Crippen molar-refractivity contribution in [1.29, 1.82) is 0 Å². The second kappa shape index (κ2) is 7.38. The highest BCUT2D eigenvalue weighted by molar-refractivity contribution is 6.03. The summed E-state index contributed by atoms with van der Waals surface area (Å²) in [4.78, 5) is 26.0. The van der Waals surface area contributed by atoms with Gasteiger partial charge in [0.25, 0.3) is 0 Å². The zero-order chi connectivity index (χ0) is 17.9. The van der Waals surface area contributed by atoms with E-state index in [0.29, 0.717) is 6.42 Å². The van der Waals surface area contributed by atoms with Crippen LogP contribution in [0.1, 0.15) is 30.2 Å². The van der Waals surface area contributed by atoms with Crippen LogP contribution in [0.2, 0.25) is 0 Å². The first kappa shape index (κ1) is 16.9. The fraction of sp³-hybridized carbons (Fsp3) is 0.381. The Hall–Kier alpha value is -2.53. The first-order valence-corrected chi connectivity index (χ1v) is 9.33. The molecular formula is C21H24N4O. The number of allylic oxidation sites excluding steroid dienone is 1. The van der Waals surface area contributed by atoms with Gasteiger partial charge in [-0.2, -0.15) is 0 Å². The van der Waals surface area contributed by atoms with E-state index < -0.39 is 0 Å². The van der Waals surface area contributed by atoms with Crippen LogP contribution in [0.5, 0.6) is 0 Å². The fourth-order valence-electron chi connectivity index (χ4n) is 3.69. The summed E-state index contributed by atoms with van der Waals surface area (Å²) >= 11 is 0. The van der Waals surface area contributed by atoms with Gasteiger partial charge in [0.1, 0.15) is 5.82 Å². The smallest absolute Gasteiger partial charge is 0.163 e. The molecule has 0 unspecified atom stereocenters. The van der Waals surface area contributed by atoms with Crippen molar-refractivity contribution in [2.45, 2.75) is 26.3 Å². The zero-order valence-electron chi connectivity index (χ0n) is 15.2. The molecule has 0 amide bonds. The Labute approximate surface area is 154 Å². The van der Waals surface area contributed by atoms with Gasteiger partial charge in [0.15, 0.2) is 5.78 Å². The van der Waals surface area contributed by atoms with Gasteiger partial charge in [0.2, 0.25) is 0 Å². The van der Waals surface area contributed by atoms with Crippen molar-refractivity contribution in [3.05, 3.63) is 59.1 Å². The molecule has 0 spiro atoms. The van der Waals surface area contributed by atoms with Gasteiger partial charge in [-0.1, -0.05) is 19.1 Å². The lowest BCUT2D eigenvalue weighted by Gasteiger charge is -2.35. The summed E-state index contributed by atoms with van der Waals surface area (Å²) in [6.07, 6.45) is 7.03. The third-order valence-corrected chi connectivity index (χ3v) is 5.21. The van der Waals surface area contributed by atoms with Gasteiger partial charge in [0.05, 0.1) is 5.69 Å². The molecule has 0 aromatic carbocycles. The van der Waals surface area contributed by atoms with Crippen molar-refractivity contribution in [3.8, 4) is 0 Å². The molecule has 0 radical (unpaired) electrons. The van der Waals surface area contributed by atoms with E-state index in [-0.39, 0.29) is 5.78 Å². The van der Waals surface area contributed by atoms with Crippen LogP contribution in [0.3, 0.4) is 0 Å². The predicted octanol–water partition coefficient (Wildman–Crippen LogP) is 2.72. The number of hydrogen-bond acceptors (Lipinski definition) is 5. The second-order valence-electron chi connectivity index (χ2n) is 6.96. The van der Waals surface area contributed by atoms with Gasteiger partial charge < -0.3 is 4.90 Å². The Morgan fingerprint density at radius 3 is 2.69 bits per heavy atom. The molecule has 1 aliphatic heterocycles.